The molecule has 1 heterocycles. The summed E-state index contributed by atoms with van der Waals surface area (Å²) in [6.45, 7) is 3.77. The van der Waals surface area contributed by atoms with Crippen LogP contribution in [0.25, 0.3) is 11.0 Å². The van der Waals surface area contributed by atoms with Crippen LogP contribution in [0.15, 0.2) is 48.5 Å². The van der Waals surface area contributed by atoms with Crippen molar-refractivity contribution < 1.29 is 23.0 Å². The van der Waals surface area contributed by atoms with Crippen molar-refractivity contribution in [1.82, 2.24) is 9.55 Å². The van der Waals surface area contributed by atoms with E-state index in [9.17, 15) is 18.3 Å². The van der Waals surface area contributed by atoms with Gasteiger partial charge in [0.2, 0.25) is 5.82 Å². The molecule has 0 aliphatic rings. The van der Waals surface area contributed by atoms with Gasteiger partial charge in [0, 0.05) is 0 Å². The second-order valence-corrected chi connectivity index (χ2v) is 6.72. The van der Waals surface area contributed by atoms with Crippen molar-refractivity contribution in [1.29, 1.82) is 0 Å². The quantitative estimate of drug-likeness (QED) is 0.681. The predicted molar refractivity (Wildman–Crippen MR) is 96.8 cm³/mol. The van der Waals surface area contributed by atoms with Crippen LogP contribution in [0.5, 0.6) is 5.75 Å². The largest absolute Gasteiger partial charge is 0.491 e. The first-order chi connectivity index (χ1) is 12.8. The van der Waals surface area contributed by atoms with Gasteiger partial charge >= 0.3 is 6.18 Å². The van der Waals surface area contributed by atoms with Gasteiger partial charge in [-0.3, -0.25) is 0 Å². The molecule has 144 valence electrons. The lowest BCUT2D eigenvalue weighted by molar-refractivity contribution is -0.147. The molecule has 3 aromatic rings. The number of para-hydroxylation sites is 2. The molecule has 1 atom stereocenters. The minimum atomic E-state index is -4.60. The third-order valence-corrected chi connectivity index (χ3v) is 4.29. The van der Waals surface area contributed by atoms with Gasteiger partial charge in [-0.05, 0) is 35.7 Å². The van der Waals surface area contributed by atoms with Gasteiger partial charge in [0.05, 0.1) is 17.6 Å². The normalized spacial score (nSPS) is 13.3. The van der Waals surface area contributed by atoms with Crippen LogP contribution >= 0.6 is 0 Å². The SMILES string of the molecule is CC(C)c1ccc(OC[C@@H](O)Cn2c(C(F)(F)F)nc3ccccc32)cc1. The molecule has 7 heteroatoms. The molecule has 0 unspecified atom stereocenters. The smallest absolute Gasteiger partial charge is 0.449 e. The topological polar surface area (TPSA) is 47.3 Å². The average Bonchev–Trinajstić information content (AvgIpc) is 2.99. The van der Waals surface area contributed by atoms with E-state index in [0.29, 0.717) is 17.2 Å². The summed E-state index contributed by atoms with van der Waals surface area (Å²) in [5.74, 6) is -0.0750. The Labute approximate surface area is 155 Å². The summed E-state index contributed by atoms with van der Waals surface area (Å²) in [7, 11) is 0. The summed E-state index contributed by atoms with van der Waals surface area (Å²) >= 11 is 0. The van der Waals surface area contributed by atoms with Gasteiger partial charge in [-0.25, -0.2) is 4.98 Å². The van der Waals surface area contributed by atoms with Crippen molar-refractivity contribution in [2.24, 2.45) is 0 Å². The van der Waals surface area contributed by atoms with Gasteiger partial charge in [0.1, 0.15) is 18.5 Å². The maximum absolute atomic E-state index is 13.3. The first kappa shape index (κ1) is 19.2. The minimum absolute atomic E-state index is 0.120. The zero-order valence-electron chi connectivity index (χ0n) is 15.1. The molecular formula is C20H21F3N2O2. The summed E-state index contributed by atoms with van der Waals surface area (Å²) < 4.78 is 46.4. The van der Waals surface area contributed by atoms with E-state index < -0.39 is 18.1 Å². The Morgan fingerprint density at radius 2 is 1.74 bits per heavy atom. The van der Waals surface area contributed by atoms with Crippen molar-refractivity contribution in [3.8, 4) is 5.75 Å². The highest BCUT2D eigenvalue weighted by atomic mass is 19.4. The van der Waals surface area contributed by atoms with Crippen molar-refractivity contribution in [3.63, 3.8) is 0 Å². The molecule has 0 saturated carbocycles. The molecular weight excluding hydrogens is 357 g/mol. The van der Waals surface area contributed by atoms with E-state index in [-0.39, 0.29) is 18.7 Å². The third-order valence-electron chi connectivity index (χ3n) is 4.29. The number of rotatable bonds is 6. The van der Waals surface area contributed by atoms with Crippen LogP contribution in [0.1, 0.15) is 31.2 Å². The highest BCUT2D eigenvalue weighted by Gasteiger charge is 2.37. The molecule has 0 saturated heterocycles. The fourth-order valence-electron chi connectivity index (χ4n) is 2.88. The van der Waals surface area contributed by atoms with Crippen molar-refractivity contribution in [2.45, 2.75) is 38.6 Å². The lowest BCUT2D eigenvalue weighted by Crippen LogP contribution is -2.26. The Kier molecular flexibility index (Phi) is 5.41. The maximum Gasteiger partial charge on any atom is 0.449 e. The lowest BCUT2D eigenvalue weighted by Gasteiger charge is -2.17. The Morgan fingerprint density at radius 1 is 1.07 bits per heavy atom. The van der Waals surface area contributed by atoms with E-state index in [4.69, 9.17) is 4.74 Å². The molecule has 27 heavy (non-hydrogen) atoms. The summed E-state index contributed by atoms with van der Waals surface area (Å²) in [6, 6.07) is 13.8. The molecule has 1 N–H and O–H groups in total. The van der Waals surface area contributed by atoms with Crippen LogP contribution in [0, 0.1) is 0 Å². The maximum atomic E-state index is 13.3. The van der Waals surface area contributed by atoms with Gasteiger partial charge in [-0.1, -0.05) is 38.1 Å². The molecule has 0 fully saturated rings. The molecule has 3 rings (SSSR count). The minimum Gasteiger partial charge on any atom is -0.491 e. The average molecular weight is 378 g/mol. The van der Waals surface area contributed by atoms with Crippen molar-refractivity contribution >= 4 is 11.0 Å². The Morgan fingerprint density at radius 3 is 2.37 bits per heavy atom. The first-order valence-corrected chi connectivity index (χ1v) is 8.69. The Balaban J connectivity index is 1.73. The van der Waals surface area contributed by atoms with Gasteiger partial charge in [0.25, 0.3) is 0 Å². The van der Waals surface area contributed by atoms with Gasteiger partial charge in [-0.2, -0.15) is 13.2 Å². The zero-order chi connectivity index (χ0) is 19.6. The molecule has 0 radical (unpaired) electrons. The zero-order valence-corrected chi connectivity index (χ0v) is 15.1. The second-order valence-electron chi connectivity index (χ2n) is 6.72. The molecule has 0 amide bonds. The van der Waals surface area contributed by atoms with Crippen LogP contribution < -0.4 is 4.74 Å². The standard InChI is InChI=1S/C20H21F3N2O2/c1-13(2)14-7-9-16(10-8-14)27-12-15(26)11-25-18-6-4-3-5-17(18)24-19(25)20(21,22)23/h3-10,13,15,26H,11-12H2,1-2H3/t15-/m0/s1. The highest BCUT2D eigenvalue weighted by Crippen LogP contribution is 2.31. The fourth-order valence-corrected chi connectivity index (χ4v) is 2.88. The Bertz CT molecular complexity index is 902. The van der Waals surface area contributed by atoms with Crippen LogP contribution in [-0.2, 0) is 12.7 Å². The number of halogens is 3. The number of aliphatic hydroxyl groups is 1. The third kappa shape index (κ3) is 4.42. The van der Waals surface area contributed by atoms with E-state index in [1.807, 2.05) is 12.1 Å². The van der Waals surface area contributed by atoms with E-state index in [1.54, 1.807) is 30.3 Å². The number of aromatic nitrogens is 2. The van der Waals surface area contributed by atoms with Crippen LogP contribution in [-0.4, -0.2) is 27.4 Å². The molecule has 0 aliphatic heterocycles. The fraction of sp³-hybridized carbons (Fsp3) is 0.350. The number of benzene rings is 2. The summed E-state index contributed by atoms with van der Waals surface area (Å²) in [6.07, 6.45) is -5.72. The summed E-state index contributed by atoms with van der Waals surface area (Å²) in [4.78, 5) is 3.67. The van der Waals surface area contributed by atoms with Crippen molar-refractivity contribution in [2.75, 3.05) is 6.61 Å². The number of ether oxygens (including phenoxy) is 1. The number of nitrogens with zero attached hydrogens (tertiary/aromatic N) is 2. The van der Waals surface area contributed by atoms with E-state index >= 15 is 0 Å². The molecule has 0 bridgehead atoms. The van der Waals surface area contributed by atoms with Crippen molar-refractivity contribution in [3.05, 3.63) is 59.9 Å². The van der Waals surface area contributed by atoms with Crippen LogP contribution in [0.3, 0.4) is 0 Å². The van der Waals surface area contributed by atoms with E-state index in [0.717, 1.165) is 10.1 Å². The Hall–Kier alpha value is -2.54. The molecule has 0 spiro atoms. The number of alkyl halides is 3. The summed E-state index contributed by atoms with van der Waals surface area (Å²) in [5.41, 5.74) is 1.72. The van der Waals surface area contributed by atoms with Gasteiger partial charge in [-0.15, -0.1) is 0 Å². The van der Waals surface area contributed by atoms with E-state index in [1.165, 1.54) is 6.07 Å². The molecule has 0 aliphatic carbocycles. The number of aliphatic hydroxyl groups excluding tert-OH is 1. The van der Waals surface area contributed by atoms with Gasteiger partial charge < -0.3 is 14.4 Å². The molecule has 4 nitrogen and oxygen atoms in total. The lowest BCUT2D eigenvalue weighted by atomic mass is 10.0. The number of hydrogen-bond donors (Lipinski definition) is 1. The predicted octanol–water partition coefficient (Wildman–Crippen LogP) is 4.62. The van der Waals surface area contributed by atoms with E-state index in [2.05, 4.69) is 18.8 Å². The second kappa shape index (κ2) is 7.60. The highest BCUT2D eigenvalue weighted by molar-refractivity contribution is 5.76. The molecule has 1 aromatic heterocycles. The van der Waals surface area contributed by atoms with Crippen LogP contribution in [0.4, 0.5) is 13.2 Å². The van der Waals surface area contributed by atoms with Gasteiger partial charge in [0.15, 0.2) is 0 Å². The first-order valence-electron chi connectivity index (χ1n) is 8.69. The molecule has 2 aromatic carbocycles. The van der Waals surface area contributed by atoms with Crippen LogP contribution in [0.2, 0.25) is 0 Å². The number of fused-ring (bicyclic) bond motifs is 1. The monoisotopic (exact) mass is 378 g/mol. The summed E-state index contributed by atoms with van der Waals surface area (Å²) in [5, 5.41) is 10.2. The number of imidazole rings is 1. The number of hydrogen-bond acceptors (Lipinski definition) is 3.